The molecule has 0 unspecified atom stereocenters. The van der Waals surface area contributed by atoms with Crippen molar-refractivity contribution in [3.8, 4) is 0 Å². The zero-order valence-electron chi connectivity index (χ0n) is 6.96. The summed E-state index contributed by atoms with van der Waals surface area (Å²) in [5.74, 6) is -0.259. The molecular formula is C6H7NaO2S. The standard InChI is InChI=1S/C6H6O2S.Na.H/c1-8-6(7)5-3-2-4-9-5;;/h2-4H,1H3;;/q;+1;-1. The zero-order chi connectivity index (χ0) is 6.69. The molecule has 0 fully saturated rings. The zero-order valence-corrected chi connectivity index (χ0v) is 8.77. The van der Waals surface area contributed by atoms with Gasteiger partial charge in [0.2, 0.25) is 0 Å². The monoisotopic (exact) mass is 166 g/mol. The molecule has 0 aromatic carbocycles. The predicted octanol–water partition coefficient (Wildman–Crippen LogP) is -1.35. The smallest absolute Gasteiger partial charge is 1.00 e. The number of esters is 1. The van der Waals surface area contributed by atoms with Crippen molar-refractivity contribution in [2.75, 3.05) is 7.11 Å². The predicted molar refractivity (Wildman–Crippen MR) is 36.8 cm³/mol. The van der Waals surface area contributed by atoms with Crippen LogP contribution in [-0.4, -0.2) is 13.1 Å². The van der Waals surface area contributed by atoms with Gasteiger partial charge in [-0.2, -0.15) is 0 Å². The van der Waals surface area contributed by atoms with Crippen LogP contribution in [0.4, 0.5) is 0 Å². The average Bonchev–Trinajstić information content (AvgIpc) is 2.37. The second-order valence-corrected chi connectivity index (χ2v) is 2.42. The first kappa shape index (κ1) is 10.2. The molecule has 4 heteroatoms. The summed E-state index contributed by atoms with van der Waals surface area (Å²) in [6.45, 7) is 0. The van der Waals surface area contributed by atoms with Crippen LogP contribution < -0.4 is 29.6 Å². The molecule has 0 saturated heterocycles. The van der Waals surface area contributed by atoms with Gasteiger partial charge >= 0.3 is 35.5 Å². The summed E-state index contributed by atoms with van der Waals surface area (Å²) in [6.07, 6.45) is 0. The minimum atomic E-state index is -0.259. The van der Waals surface area contributed by atoms with Crippen molar-refractivity contribution in [3.63, 3.8) is 0 Å². The van der Waals surface area contributed by atoms with Gasteiger partial charge in [0.1, 0.15) is 4.88 Å². The van der Waals surface area contributed by atoms with Crippen molar-refractivity contribution in [3.05, 3.63) is 22.4 Å². The van der Waals surface area contributed by atoms with Crippen molar-refractivity contribution in [2.45, 2.75) is 0 Å². The number of hydrogen-bond acceptors (Lipinski definition) is 3. The van der Waals surface area contributed by atoms with Crippen LogP contribution in [0.5, 0.6) is 0 Å². The molecule has 1 heterocycles. The molecule has 0 bridgehead atoms. The fourth-order valence-corrected chi connectivity index (χ4v) is 1.14. The van der Waals surface area contributed by atoms with Crippen LogP contribution in [0.25, 0.3) is 0 Å². The molecule has 0 N–H and O–H groups in total. The minimum Gasteiger partial charge on any atom is -1.00 e. The molecule has 10 heavy (non-hydrogen) atoms. The molecule has 0 atom stereocenters. The third-order valence-electron chi connectivity index (χ3n) is 0.908. The molecular weight excluding hydrogens is 159 g/mol. The van der Waals surface area contributed by atoms with Crippen molar-refractivity contribution in [2.24, 2.45) is 0 Å². The molecule has 1 aromatic rings. The third-order valence-corrected chi connectivity index (χ3v) is 1.76. The molecule has 1 aromatic heterocycles. The van der Waals surface area contributed by atoms with Gasteiger partial charge < -0.3 is 6.16 Å². The van der Waals surface area contributed by atoms with Gasteiger partial charge in [-0.25, -0.2) is 4.79 Å². The number of thiophene rings is 1. The maximum Gasteiger partial charge on any atom is 1.00 e. The van der Waals surface area contributed by atoms with E-state index in [0.29, 0.717) is 4.88 Å². The van der Waals surface area contributed by atoms with E-state index in [1.54, 1.807) is 6.07 Å². The molecule has 0 spiro atoms. The summed E-state index contributed by atoms with van der Waals surface area (Å²) < 4.78 is 4.47. The first-order valence-corrected chi connectivity index (χ1v) is 3.34. The van der Waals surface area contributed by atoms with Gasteiger partial charge in [-0.05, 0) is 11.4 Å². The van der Waals surface area contributed by atoms with E-state index in [1.165, 1.54) is 18.4 Å². The molecule has 0 saturated carbocycles. The molecule has 1 rings (SSSR count). The first-order valence-electron chi connectivity index (χ1n) is 2.46. The van der Waals surface area contributed by atoms with E-state index in [2.05, 4.69) is 4.74 Å². The second kappa shape index (κ2) is 4.91. The van der Waals surface area contributed by atoms with E-state index < -0.39 is 0 Å². The molecule has 50 valence electrons. The first-order chi connectivity index (χ1) is 4.34. The summed E-state index contributed by atoms with van der Waals surface area (Å²) in [7, 11) is 1.38. The number of methoxy groups -OCH3 is 1. The topological polar surface area (TPSA) is 26.3 Å². The Bertz CT molecular complexity index is 200. The van der Waals surface area contributed by atoms with E-state index in [-0.39, 0.29) is 37.0 Å². The Kier molecular flexibility index (Phi) is 4.99. The number of rotatable bonds is 1. The Balaban J connectivity index is 0. The minimum absolute atomic E-state index is 0. The van der Waals surface area contributed by atoms with E-state index in [4.69, 9.17) is 0 Å². The Labute approximate surface area is 87.0 Å². The SMILES string of the molecule is COC(=O)c1cccs1.[H-].[Na+]. The van der Waals surface area contributed by atoms with Crippen molar-refractivity contribution >= 4 is 17.3 Å². The fourth-order valence-electron chi connectivity index (χ4n) is 0.495. The van der Waals surface area contributed by atoms with Crippen LogP contribution in [0.15, 0.2) is 17.5 Å². The van der Waals surface area contributed by atoms with Crippen LogP contribution in [0.1, 0.15) is 11.1 Å². The van der Waals surface area contributed by atoms with Crippen LogP contribution >= 0.6 is 11.3 Å². The van der Waals surface area contributed by atoms with Gasteiger partial charge in [0, 0.05) is 0 Å². The van der Waals surface area contributed by atoms with Gasteiger partial charge in [0.05, 0.1) is 7.11 Å². The molecule has 0 aliphatic carbocycles. The van der Waals surface area contributed by atoms with Crippen molar-refractivity contribution < 1.29 is 40.5 Å². The average molecular weight is 166 g/mol. The molecule has 0 amide bonds. The quantitative estimate of drug-likeness (QED) is 0.381. The maximum atomic E-state index is 10.7. The van der Waals surface area contributed by atoms with Crippen LogP contribution in [0.3, 0.4) is 0 Å². The van der Waals surface area contributed by atoms with Gasteiger partial charge in [0.25, 0.3) is 0 Å². The van der Waals surface area contributed by atoms with Crippen LogP contribution in [0.2, 0.25) is 0 Å². The largest absolute Gasteiger partial charge is 1.00 e. The Morgan fingerprint density at radius 3 is 2.90 bits per heavy atom. The number of hydrogen-bond donors (Lipinski definition) is 0. The van der Waals surface area contributed by atoms with Gasteiger partial charge in [-0.15, -0.1) is 11.3 Å². The molecule has 0 aliphatic heterocycles. The molecule has 0 radical (unpaired) electrons. The van der Waals surface area contributed by atoms with Crippen molar-refractivity contribution in [1.29, 1.82) is 0 Å². The van der Waals surface area contributed by atoms with Gasteiger partial charge in [-0.3, -0.25) is 0 Å². The van der Waals surface area contributed by atoms with E-state index in [1.807, 2.05) is 11.4 Å². The summed E-state index contributed by atoms with van der Waals surface area (Å²) in [4.78, 5) is 11.3. The van der Waals surface area contributed by atoms with Crippen molar-refractivity contribution in [1.82, 2.24) is 0 Å². The third kappa shape index (κ3) is 2.42. The normalized spacial score (nSPS) is 8.10. The van der Waals surface area contributed by atoms with Gasteiger partial charge in [-0.1, -0.05) is 6.07 Å². The Morgan fingerprint density at radius 2 is 2.50 bits per heavy atom. The van der Waals surface area contributed by atoms with Crippen LogP contribution in [0, 0.1) is 0 Å². The summed E-state index contributed by atoms with van der Waals surface area (Å²) in [5.41, 5.74) is 0. The fraction of sp³-hybridized carbons (Fsp3) is 0.167. The van der Waals surface area contributed by atoms with Crippen LogP contribution in [-0.2, 0) is 4.74 Å². The number of carbonyl (C=O) groups excluding carboxylic acids is 1. The summed E-state index contributed by atoms with van der Waals surface area (Å²) in [6, 6.07) is 3.55. The van der Waals surface area contributed by atoms with E-state index in [0.717, 1.165) is 0 Å². The summed E-state index contributed by atoms with van der Waals surface area (Å²) in [5, 5.41) is 1.84. The molecule has 2 nitrogen and oxygen atoms in total. The Hall–Kier alpha value is 0.170. The maximum absolute atomic E-state index is 10.7. The van der Waals surface area contributed by atoms with E-state index in [9.17, 15) is 4.79 Å². The Morgan fingerprint density at radius 1 is 1.80 bits per heavy atom. The number of ether oxygens (including phenoxy) is 1. The molecule has 0 aliphatic rings. The number of carbonyl (C=O) groups is 1. The second-order valence-electron chi connectivity index (χ2n) is 1.47. The van der Waals surface area contributed by atoms with E-state index >= 15 is 0 Å². The van der Waals surface area contributed by atoms with Gasteiger partial charge in [0.15, 0.2) is 0 Å². The summed E-state index contributed by atoms with van der Waals surface area (Å²) >= 11 is 1.38.